The first-order valence-corrected chi connectivity index (χ1v) is 5.95. The highest BCUT2D eigenvalue weighted by Gasteiger charge is 2.22. The van der Waals surface area contributed by atoms with E-state index in [4.69, 9.17) is 0 Å². The normalized spacial score (nSPS) is 14.9. The molecule has 1 amide bonds. The summed E-state index contributed by atoms with van der Waals surface area (Å²) in [5.41, 5.74) is 1.19. The number of amides is 1. The molecule has 1 aliphatic rings. The lowest BCUT2D eigenvalue weighted by Crippen LogP contribution is -2.34. The summed E-state index contributed by atoms with van der Waals surface area (Å²) < 4.78 is 0. The third-order valence-corrected chi connectivity index (χ3v) is 3.79. The molecule has 2 rings (SSSR count). The van der Waals surface area contributed by atoms with E-state index in [1.165, 1.54) is 21.7 Å². The van der Waals surface area contributed by atoms with Crippen LogP contribution in [0.5, 0.6) is 0 Å². The highest BCUT2D eigenvalue weighted by molar-refractivity contribution is 7.11. The van der Waals surface area contributed by atoms with Crippen LogP contribution in [0.25, 0.3) is 0 Å². The highest BCUT2D eigenvalue weighted by atomic mass is 32.1. The lowest BCUT2D eigenvalue weighted by Gasteiger charge is -2.24. The van der Waals surface area contributed by atoms with Gasteiger partial charge in [0.1, 0.15) is 0 Å². The van der Waals surface area contributed by atoms with E-state index in [0.717, 1.165) is 19.4 Å². The molecule has 15 heavy (non-hydrogen) atoms. The van der Waals surface area contributed by atoms with Crippen molar-refractivity contribution in [1.82, 2.24) is 9.88 Å². The van der Waals surface area contributed by atoms with E-state index in [-0.39, 0.29) is 5.91 Å². The van der Waals surface area contributed by atoms with Crippen molar-refractivity contribution in [2.45, 2.75) is 26.3 Å². The van der Waals surface area contributed by atoms with Gasteiger partial charge in [0.05, 0.1) is 17.2 Å². The number of carbonyl (C=O) groups is 1. The van der Waals surface area contributed by atoms with Gasteiger partial charge in [-0.25, -0.2) is 4.98 Å². The van der Waals surface area contributed by atoms with E-state index in [9.17, 15) is 4.79 Å². The first-order chi connectivity index (χ1) is 7.24. The quantitative estimate of drug-likeness (QED) is 0.715. The number of thiazole rings is 1. The lowest BCUT2D eigenvalue weighted by atomic mass is 10.2. The summed E-state index contributed by atoms with van der Waals surface area (Å²) in [5.74, 6) is 0.0205. The molecular formula is C11H14N2OS. The Morgan fingerprint density at radius 1 is 1.73 bits per heavy atom. The van der Waals surface area contributed by atoms with Crippen molar-refractivity contribution >= 4 is 17.2 Å². The predicted octanol–water partition coefficient (Wildman–Crippen LogP) is 1.78. The molecule has 0 fully saturated rings. The largest absolute Gasteiger partial charge is 0.334 e. The molecule has 0 atom stereocenters. The highest BCUT2D eigenvalue weighted by Crippen LogP contribution is 2.25. The second-order valence-electron chi connectivity index (χ2n) is 3.54. The van der Waals surface area contributed by atoms with Crippen LogP contribution in [0.3, 0.4) is 0 Å². The van der Waals surface area contributed by atoms with Gasteiger partial charge in [0, 0.05) is 17.8 Å². The molecule has 4 heteroatoms. The number of hydrogen-bond acceptors (Lipinski definition) is 3. The number of rotatable bonds is 2. The Bertz CT molecular complexity index is 397. The van der Waals surface area contributed by atoms with Crippen LogP contribution in [-0.2, 0) is 24.2 Å². The van der Waals surface area contributed by atoms with Crippen LogP contribution in [0.2, 0.25) is 0 Å². The van der Waals surface area contributed by atoms with E-state index >= 15 is 0 Å². The average Bonchev–Trinajstić information content (AvgIpc) is 2.69. The fourth-order valence-corrected chi connectivity index (χ4v) is 2.79. The molecule has 0 unspecified atom stereocenters. The maximum absolute atomic E-state index is 11.4. The van der Waals surface area contributed by atoms with Gasteiger partial charge in [0.15, 0.2) is 0 Å². The molecule has 1 aliphatic heterocycles. The van der Waals surface area contributed by atoms with Crippen molar-refractivity contribution in [2.75, 3.05) is 6.54 Å². The SMILES string of the molecule is C=CC(=O)N1CCc2nc(CC)sc2C1. The minimum absolute atomic E-state index is 0.0205. The fraction of sp³-hybridized carbons (Fsp3) is 0.455. The summed E-state index contributed by atoms with van der Waals surface area (Å²) in [6, 6.07) is 0. The molecule has 3 nitrogen and oxygen atoms in total. The van der Waals surface area contributed by atoms with Gasteiger partial charge in [-0.05, 0) is 12.5 Å². The number of aryl methyl sites for hydroxylation is 1. The second kappa shape index (κ2) is 4.14. The summed E-state index contributed by atoms with van der Waals surface area (Å²) in [7, 11) is 0. The van der Waals surface area contributed by atoms with Crippen molar-refractivity contribution in [3.8, 4) is 0 Å². The predicted molar refractivity (Wildman–Crippen MR) is 60.8 cm³/mol. The van der Waals surface area contributed by atoms with Gasteiger partial charge in [-0.2, -0.15) is 0 Å². The van der Waals surface area contributed by atoms with Gasteiger partial charge in [0.2, 0.25) is 5.91 Å². The van der Waals surface area contributed by atoms with Crippen LogP contribution in [0, 0.1) is 0 Å². The molecule has 80 valence electrons. The molecule has 0 saturated carbocycles. The molecule has 0 aliphatic carbocycles. The van der Waals surface area contributed by atoms with Gasteiger partial charge < -0.3 is 4.90 Å². The molecule has 0 aromatic carbocycles. The minimum Gasteiger partial charge on any atom is -0.334 e. The van der Waals surface area contributed by atoms with Gasteiger partial charge in [-0.3, -0.25) is 4.79 Å². The zero-order valence-electron chi connectivity index (χ0n) is 8.82. The van der Waals surface area contributed by atoms with Gasteiger partial charge in [0.25, 0.3) is 0 Å². The van der Waals surface area contributed by atoms with Crippen LogP contribution >= 0.6 is 11.3 Å². The summed E-state index contributed by atoms with van der Waals surface area (Å²) in [6.07, 6.45) is 3.24. The van der Waals surface area contributed by atoms with E-state index in [0.29, 0.717) is 6.54 Å². The first kappa shape index (κ1) is 10.4. The molecule has 1 aromatic rings. The fourth-order valence-electron chi connectivity index (χ4n) is 1.72. The average molecular weight is 222 g/mol. The number of nitrogens with zero attached hydrogens (tertiary/aromatic N) is 2. The molecule has 1 aromatic heterocycles. The molecule has 0 spiro atoms. The van der Waals surface area contributed by atoms with Gasteiger partial charge in [-0.1, -0.05) is 13.5 Å². The maximum atomic E-state index is 11.4. The van der Waals surface area contributed by atoms with Crippen molar-refractivity contribution in [1.29, 1.82) is 0 Å². The van der Waals surface area contributed by atoms with Crippen LogP contribution < -0.4 is 0 Å². The monoisotopic (exact) mass is 222 g/mol. The van der Waals surface area contributed by atoms with Crippen LogP contribution in [0.1, 0.15) is 22.5 Å². The Morgan fingerprint density at radius 3 is 3.20 bits per heavy atom. The van der Waals surface area contributed by atoms with E-state index in [2.05, 4.69) is 18.5 Å². The lowest BCUT2D eigenvalue weighted by molar-refractivity contribution is -0.126. The van der Waals surface area contributed by atoms with E-state index in [1.807, 2.05) is 4.90 Å². The van der Waals surface area contributed by atoms with Gasteiger partial charge >= 0.3 is 0 Å². The molecule has 0 bridgehead atoms. The standard InChI is InChI=1S/C11H14N2OS/c1-3-10-12-8-5-6-13(11(14)4-2)7-9(8)15-10/h4H,2-3,5-7H2,1H3. The Morgan fingerprint density at radius 2 is 2.53 bits per heavy atom. The zero-order valence-corrected chi connectivity index (χ0v) is 9.64. The van der Waals surface area contributed by atoms with E-state index < -0.39 is 0 Å². The van der Waals surface area contributed by atoms with Crippen molar-refractivity contribution < 1.29 is 4.79 Å². The number of carbonyl (C=O) groups excluding carboxylic acids is 1. The summed E-state index contributed by atoms with van der Waals surface area (Å²) in [5, 5.41) is 1.17. The van der Waals surface area contributed by atoms with Crippen molar-refractivity contribution in [2.24, 2.45) is 0 Å². The summed E-state index contributed by atoms with van der Waals surface area (Å²) in [4.78, 5) is 19.1. The Kier molecular flexibility index (Phi) is 2.86. The topological polar surface area (TPSA) is 33.2 Å². The number of hydrogen-bond donors (Lipinski definition) is 0. The maximum Gasteiger partial charge on any atom is 0.246 e. The van der Waals surface area contributed by atoms with Crippen LogP contribution in [0.15, 0.2) is 12.7 Å². The first-order valence-electron chi connectivity index (χ1n) is 5.13. The summed E-state index contributed by atoms with van der Waals surface area (Å²) in [6.45, 7) is 7.09. The molecule has 0 radical (unpaired) electrons. The third-order valence-electron chi connectivity index (χ3n) is 2.56. The third kappa shape index (κ3) is 1.95. The molecule has 2 heterocycles. The smallest absolute Gasteiger partial charge is 0.246 e. The molecule has 0 N–H and O–H groups in total. The number of fused-ring (bicyclic) bond motifs is 1. The molecular weight excluding hydrogens is 208 g/mol. The minimum atomic E-state index is 0.0205. The van der Waals surface area contributed by atoms with Crippen LogP contribution in [0.4, 0.5) is 0 Å². The Hall–Kier alpha value is -1.16. The molecule has 0 saturated heterocycles. The Balaban J connectivity index is 2.18. The number of aromatic nitrogens is 1. The van der Waals surface area contributed by atoms with Gasteiger partial charge in [-0.15, -0.1) is 11.3 Å². The second-order valence-corrected chi connectivity index (χ2v) is 4.71. The van der Waals surface area contributed by atoms with Crippen LogP contribution in [-0.4, -0.2) is 22.3 Å². The van der Waals surface area contributed by atoms with E-state index in [1.54, 1.807) is 11.3 Å². The van der Waals surface area contributed by atoms with Crippen molar-refractivity contribution in [3.05, 3.63) is 28.2 Å². The Labute approximate surface area is 93.4 Å². The zero-order chi connectivity index (χ0) is 10.8. The van der Waals surface area contributed by atoms with Crippen molar-refractivity contribution in [3.63, 3.8) is 0 Å². The summed E-state index contributed by atoms with van der Waals surface area (Å²) >= 11 is 1.73.